The number of carboxylic acids is 1. The Hall–Kier alpha value is -2.57. The van der Waals surface area contributed by atoms with Gasteiger partial charge in [-0.1, -0.05) is 30.3 Å². The summed E-state index contributed by atoms with van der Waals surface area (Å²) >= 11 is 0. The molecule has 29 heavy (non-hydrogen) atoms. The molecule has 1 saturated heterocycles. The fourth-order valence-corrected chi connectivity index (χ4v) is 3.24. The molecule has 156 valence electrons. The first-order valence-electron chi connectivity index (χ1n) is 10.2. The summed E-state index contributed by atoms with van der Waals surface area (Å²) in [4.78, 5) is 12.9. The molecule has 0 radical (unpaired) electrons. The molecule has 1 unspecified atom stereocenters. The lowest BCUT2D eigenvalue weighted by molar-refractivity contribution is -0.137. The van der Waals surface area contributed by atoms with Gasteiger partial charge in [-0.05, 0) is 42.7 Å². The maximum atomic E-state index is 10.8. The maximum absolute atomic E-state index is 10.8. The van der Waals surface area contributed by atoms with Crippen LogP contribution in [0.2, 0.25) is 0 Å². The van der Waals surface area contributed by atoms with Crippen LogP contribution < -0.4 is 9.47 Å². The van der Waals surface area contributed by atoms with E-state index in [1.165, 1.54) is 0 Å². The molecule has 1 heterocycles. The summed E-state index contributed by atoms with van der Waals surface area (Å²) in [6.07, 6.45) is 2.01. The predicted molar refractivity (Wildman–Crippen MR) is 110 cm³/mol. The highest BCUT2D eigenvalue weighted by Gasteiger charge is 2.22. The van der Waals surface area contributed by atoms with Gasteiger partial charge in [0.15, 0.2) is 0 Å². The summed E-state index contributed by atoms with van der Waals surface area (Å²) in [6.45, 7) is 4.01. The zero-order valence-electron chi connectivity index (χ0n) is 16.7. The minimum absolute atomic E-state index is 0.0262. The average Bonchev–Trinajstić information content (AvgIpc) is 2.76. The Kier molecular flexibility index (Phi) is 8.34. The van der Waals surface area contributed by atoms with Gasteiger partial charge in [0, 0.05) is 19.6 Å². The van der Waals surface area contributed by atoms with Crippen LogP contribution in [0.3, 0.4) is 0 Å². The van der Waals surface area contributed by atoms with E-state index in [0.717, 1.165) is 43.0 Å². The molecule has 1 atom stereocenters. The lowest BCUT2D eigenvalue weighted by atomic mass is 10.1. The van der Waals surface area contributed by atoms with E-state index in [-0.39, 0.29) is 12.5 Å². The van der Waals surface area contributed by atoms with Gasteiger partial charge in [-0.15, -0.1) is 0 Å². The van der Waals surface area contributed by atoms with Crippen molar-refractivity contribution < 1.29 is 24.1 Å². The quantitative estimate of drug-likeness (QED) is 0.580. The van der Waals surface area contributed by atoms with E-state index >= 15 is 0 Å². The number of unbranched alkanes of at least 4 members (excludes halogenated alkanes) is 1. The highest BCUT2D eigenvalue weighted by Crippen LogP contribution is 2.24. The molecule has 1 N–H and O–H groups in total. The SMILES string of the molecule is O=C(O)CCN1CCOC(c2ccc(OCCCCOc3ccccc3)cc2)C1. The van der Waals surface area contributed by atoms with Gasteiger partial charge in [0.05, 0.1) is 32.3 Å². The molecular weight excluding hydrogens is 370 g/mol. The Morgan fingerprint density at radius 2 is 1.66 bits per heavy atom. The van der Waals surface area contributed by atoms with Crippen molar-refractivity contribution in [1.29, 1.82) is 0 Å². The van der Waals surface area contributed by atoms with E-state index in [1.807, 2.05) is 54.6 Å². The Bertz CT molecular complexity index is 735. The molecule has 2 aromatic carbocycles. The average molecular weight is 399 g/mol. The number of hydrogen-bond donors (Lipinski definition) is 1. The molecule has 1 fully saturated rings. The molecule has 0 saturated carbocycles. The maximum Gasteiger partial charge on any atom is 0.304 e. The molecule has 6 heteroatoms. The van der Waals surface area contributed by atoms with Crippen molar-refractivity contribution in [2.45, 2.75) is 25.4 Å². The third-order valence-corrected chi connectivity index (χ3v) is 4.86. The van der Waals surface area contributed by atoms with Crippen molar-refractivity contribution in [2.24, 2.45) is 0 Å². The van der Waals surface area contributed by atoms with Gasteiger partial charge in [0.2, 0.25) is 0 Å². The second kappa shape index (κ2) is 11.4. The van der Waals surface area contributed by atoms with Gasteiger partial charge in [-0.25, -0.2) is 0 Å². The minimum atomic E-state index is -0.763. The molecule has 0 amide bonds. The van der Waals surface area contributed by atoms with Crippen molar-refractivity contribution in [1.82, 2.24) is 4.90 Å². The number of morpholine rings is 1. The van der Waals surface area contributed by atoms with Crippen LogP contribution in [0.4, 0.5) is 0 Å². The summed E-state index contributed by atoms with van der Waals surface area (Å²) in [5.41, 5.74) is 1.09. The number of para-hydroxylation sites is 1. The van der Waals surface area contributed by atoms with Gasteiger partial charge in [-0.2, -0.15) is 0 Å². The normalized spacial score (nSPS) is 17.0. The highest BCUT2D eigenvalue weighted by atomic mass is 16.5. The first-order chi connectivity index (χ1) is 14.2. The number of ether oxygens (including phenoxy) is 3. The van der Waals surface area contributed by atoms with Crippen LogP contribution in [0.1, 0.15) is 30.9 Å². The Balaban J connectivity index is 1.34. The van der Waals surface area contributed by atoms with Crippen molar-refractivity contribution in [3.05, 3.63) is 60.2 Å². The zero-order chi connectivity index (χ0) is 20.3. The standard InChI is InChI=1S/C23H29NO5/c25-23(26)12-13-24-14-17-29-22(18-24)19-8-10-21(11-9-19)28-16-5-4-15-27-20-6-2-1-3-7-20/h1-3,6-11,22H,4-5,12-18H2,(H,25,26). The van der Waals surface area contributed by atoms with Crippen molar-refractivity contribution in [3.8, 4) is 11.5 Å². The highest BCUT2D eigenvalue weighted by molar-refractivity contribution is 5.66. The minimum Gasteiger partial charge on any atom is -0.494 e. The number of rotatable bonds is 11. The van der Waals surface area contributed by atoms with E-state index in [2.05, 4.69) is 4.90 Å². The van der Waals surface area contributed by atoms with E-state index in [0.29, 0.717) is 26.4 Å². The Labute approximate surface area is 172 Å². The van der Waals surface area contributed by atoms with Crippen molar-refractivity contribution >= 4 is 5.97 Å². The predicted octanol–water partition coefficient (Wildman–Crippen LogP) is 3.77. The molecule has 0 bridgehead atoms. The van der Waals surface area contributed by atoms with Crippen molar-refractivity contribution in [2.75, 3.05) is 39.5 Å². The number of aliphatic carboxylic acids is 1. The number of nitrogens with zero attached hydrogens (tertiary/aromatic N) is 1. The molecule has 6 nitrogen and oxygen atoms in total. The number of carbonyl (C=O) groups is 1. The molecular formula is C23H29NO5. The van der Waals surface area contributed by atoms with Crippen LogP contribution in [0, 0.1) is 0 Å². The monoisotopic (exact) mass is 399 g/mol. The number of carboxylic acid groups (broad SMARTS) is 1. The van der Waals surface area contributed by atoms with Gasteiger partial charge >= 0.3 is 5.97 Å². The van der Waals surface area contributed by atoms with E-state index < -0.39 is 5.97 Å². The molecule has 0 spiro atoms. The summed E-state index contributed by atoms with van der Waals surface area (Å²) in [5, 5.41) is 8.85. The van der Waals surface area contributed by atoms with Crippen molar-refractivity contribution in [3.63, 3.8) is 0 Å². The molecule has 1 aliphatic heterocycles. The molecule has 1 aliphatic rings. The van der Waals surface area contributed by atoms with E-state index in [9.17, 15) is 4.79 Å². The molecule has 0 aromatic heterocycles. The lowest BCUT2D eigenvalue weighted by Crippen LogP contribution is -2.39. The van der Waals surface area contributed by atoms with Crippen LogP contribution in [0.25, 0.3) is 0 Å². The largest absolute Gasteiger partial charge is 0.494 e. The first kappa shape index (κ1) is 21.1. The van der Waals surface area contributed by atoms with Gasteiger partial charge in [-0.3, -0.25) is 9.69 Å². The number of hydrogen-bond acceptors (Lipinski definition) is 5. The van der Waals surface area contributed by atoms with Crippen LogP contribution in [-0.4, -0.2) is 55.4 Å². The lowest BCUT2D eigenvalue weighted by Gasteiger charge is -2.32. The van der Waals surface area contributed by atoms with Gasteiger partial charge in [0.25, 0.3) is 0 Å². The Morgan fingerprint density at radius 3 is 2.31 bits per heavy atom. The van der Waals surface area contributed by atoms with E-state index in [4.69, 9.17) is 19.3 Å². The Morgan fingerprint density at radius 1 is 1.00 bits per heavy atom. The third-order valence-electron chi connectivity index (χ3n) is 4.86. The zero-order valence-corrected chi connectivity index (χ0v) is 16.7. The first-order valence-corrected chi connectivity index (χ1v) is 10.2. The van der Waals surface area contributed by atoms with Gasteiger partial charge < -0.3 is 19.3 Å². The van der Waals surface area contributed by atoms with Crippen LogP contribution >= 0.6 is 0 Å². The van der Waals surface area contributed by atoms with Crippen LogP contribution in [0.5, 0.6) is 11.5 Å². The van der Waals surface area contributed by atoms with Gasteiger partial charge in [0.1, 0.15) is 11.5 Å². The second-order valence-electron chi connectivity index (χ2n) is 7.09. The smallest absolute Gasteiger partial charge is 0.304 e. The summed E-state index contributed by atoms with van der Waals surface area (Å²) < 4.78 is 17.3. The third kappa shape index (κ3) is 7.40. The van der Waals surface area contributed by atoms with E-state index in [1.54, 1.807) is 0 Å². The summed E-state index contributed by atoms with van der Waals surface area (Å²) in [6, 6.07) is 17.8. The molecule has 3 rings (SSSR count). The van der Waals surface area contributed by atoms with Crippen LogP contribution in [-0.2, 0) is 9.53 Å². The topological polar surface area (TPSA) is 68.2 Å². The molecule has 0 aliphatic carbocycles. The second-order valence-corrected chi connectivity index (χ2v) is 7.09. The fourth-order valence-electron chi connectivity index (χ4n) is 3.24. The fraction of sp³-hybridized carbons (Fsp3) is 0.435. The summed E-state index contributed by atoms with van der Waals surface area (Å²) in [5.74, 6) is 0.980. The number of benzene rings is 2. The van der Waals surface area contributed by atoms with Crippen LogP contribution in [0.15, 0.2) is 54.6 Å². The summed E-state index contributed by atoms with van der Waals surface area (Å²) in [7, 11) is 0. The molecule has 2 aromatic rings.